The predicted molar refractivity (Wildman–Crippen MR) is 196 cm³/mol. The van der Waals surface area contributed by atoms with Gasteiger partial charge in [-0.25, -0.2) is 0 Å². The molecule has 0 heterocycles. The third-order valence-electron chi connectivity index (χ3n) is 8.69. The number of amides is 5. The third-order valence-corrected chi connectivity index (χ3v) is 8.69. The first-order chi connectivity index (χ1) is 23.3. The molecule has 7 N–H and O–H groups in total. The van der Waals surface area contributed by atoms with Gasteiger partial charge in [0.1, 0.15) is 18.1 Å². The summed E-state index contributed by atoms with van der Waals surface area (Å²) in [5.41, 5.74) is 0.124. The Hall–Kier alpha value is -3.51. The van der Waals surface area contributed by atoms with E-state index in [2.05, 4.69) is 26.6 Å². The Morgan fingerprint density at radius 2 is 1.34 bits per heavy atom. The fraction of sp³-hybridized carbons (Fsp3) is 0.711. The van der Waals surface area contributed by atoms with Gasteiger partial charge in [-0.3, -0.25) is 24.0 Å². The van der Waals surface area contributed by atoms with Crippen molar-refractivity contribution in [1.29, 1.82) is 0 Å². The van der Waals surface area contributed by atoms with Gasteiger partial charge in [0.15, 0.2) is 0 Å². The Labute approximate surface area is 299 Å². The molecule has 0 aliphatic carbocycles. The molecule has 1 aromatic rings. The molecule has 0 unspecified atom stereocenters. The van der Waals surface area contributed by atoms with Crippen LogP contribution < -0.4 is 26.6 Å². The highest BCUT2D eigenvalue weighted by molar-refractivity contribution is 5.92. The van der Waals surface area contributed by atoms with Gasteiger partial charge in [0.05, 0.1) is 18.6 Å². The van der Waals surface area contributed by atoms with Gasteiger partial charge >= 0.3 is 0 Å². The van der Waals surface area contributed by atoms with Gasteiger partial charge in [0, 0.05) is 18.6 Å². The number of hydrogen-bond acceptors (Lipinski definition) is 7. The molecule has 0 saturated carbocycles. The van der Waals surface area contributed by atoms with E-state index in [1.165, 1.54) is 0 Å². The molecule has 12 heteroatoms. The van der Waals surface area contributed by atoms with Gasteiger partial charge in [-0.2, -0.15) is 0 Å². The SMILES string of the molecule is CC[C@H](C)[C@H](NC(=O)C[C@H](O)[C@H](Cc1ccccc1)NC(=O)[C@@H](NC(=O)[C@H](CC(C)C)NC(=O)CC(C)C)C(C)C)C(=O)NC(C)(C)CCO. The highest BCUT2D eigenvalue weighted by Gasteiger charge is 2.34. The average molecular weight is 704 g/mol. The molecule has 5 amide bonds. The minimum Gasteiger partial charge on any atom is -0.396 e. The minimum atomic E-state index is -1.34. The van der Waals surface area contributed by atoms with Crippen LogP contribution in [0, 0.1) is 23.7 Å². The summed E-state index contributed by atoms with van der Waals surface area (Å²) in [7, 11) is 0. The number of aliphatic hydroxyl groups excluding tert-OH is 2. The van der Waals surface area contributed by atoms with Gasteiger partial charge in [-0.1, -0.05) is 92.1 Å². The van der Waals surface area contributed by atoms with Crippen molar-refractivity contribution < 1.29 is 34.2 Å². The molecular formula is C38H65N5O7. The van der Waals surface area contributed by atoms with Gasteiger partial charge < -0.3 is 36.8 Å². The van der Waals surface area contributed by atoms with Crippen LogP contribution in [0.5, 0.6) is 0 Å². The summed E-state index contributed by atoms with van der Waals surface area (Å²) in [6.45, 7) is 18.5. The molecule has 0 aliphatic rings. The minimum absolute atomic E-state index is 0.103. The van der Waals surface area contributed by atoms with Crippen LogP contribution in [0.2, 0.25) is 0 Å². The van der Waals surface area contributed by atoms with E-state index in [0.717, 1.165) is 5.56 Å². The van der Waals surface area contributed by atoms with Gasteiger partial charge in [0.25, 0.3) is 0 Å². The molecule has 0 saturated heterocycles. The number of nitrogens with one attached hydrogen (secondary N) is 5. The Bertz CT molecular complexity index is 1220. The van der Waals surface area contributed by atoms with Crippen LogP contribution in [-0.2, 0) is 30.4 Å². The van der Waals surface area contributed by atoms with Crippen molar-refractivity contribution in [2.24, 2.45) is 23.7 Å². The normalized spacial score (nSPS) is 15.4. The first-order valence-electron chi connectivity index (χ1n) is 18.1. The standard InChI is InChI=1S/C38H65N5O7/c1-11-26(8)34(37(50)43-38(9,10)17-18-44)41-32(47)22-30(45)28(21-27-15-13-12-14-16-27)40-36(49)33(25(6)7)42-35(48)29(19-23(2)3)39-31(46)20-24(4)5/h12-16,23-26,28-30,33-34,44-45H,11,17-22H2,1-10H3,(H,39,46)(H,40,49)(H,41,47)(H,42,48)(H,43,50)/t26-,28-,29-,30-,33-,34-/m0/s1. The zero-order chi connectivity index (χ0) is 38.2. The summed E-state index contributed by atoms with van der Waals surface area (Å²) in [5.74, 6) is -2.53. The van der Waals surface area contributed by atoms with Crippen LogP contribution >= 0.6 is 0 Å². The largest absolute Gasteiger partial charge is 0.396 e. The van der Waals surface area contributed by atoms with Crippen molar-refractivity contribution in [3.05, 3.63) is 35.9 Å². The second-order valence-electron chi connectivity index (χ2n) is 15.4. The van der Waals surface area contributed by atoms with Gasteiger partial charge in [0.2, 0.25) is 29.5 Å². The molecule has 1 aromatic carbocycles. The van der Waals surface area contributed by atoms with E-state index in [1.54, 1.807) is 27.7 Å². The lowest BCUT2D eigenvalue weighted by atomic mass is 9.94. The van der Waals surface area contributed by atoms with Crippen molar-refractivity contribution in [2.45, 2.75) is 144 Å². The number of aliphatic hydroxyl groups is 2. The molecule has 0 spiro atoms. The van der Waals surface area contributed by atoms with Crippen molar-refractivity contribution in [3.63, 3.8) is 0 Å². The van der Waals surface area contributed by atoms with Gasteiger partial charge in [-0.15, -0.1) is 0 Å². The lowest BCUT2D eigenvalue weighted by Gasteiger charge is -2.32. The Morgan fingerprint density at radius 1 is 0.740 bits per heavy atom. The summed E-state index contributed by atoms with van der Waals surface area (Å²) in [6, 6.07) is 5.62. The number of carbonyl (C=O) groups excluding carboxylic acids is 5. The quantitative estimate of drug-likeness (QED) is 0.0968. The maximum Gasteiger partial charge on any atom is 0.243 e. The van der Waals surface area contributed by atoms with E-state index in [0.29, 0.717) is 19.3 Å². The molecule has 0 fully saturated rings. The maximum atomic E-state index is 13.8. The monoisotopic (exact) mass is 703 g/mol. The zero-order valence-corrected chi connectivity index (χ0v) is 32.0. The number of rotatable bonds is 22. The Kier molecular flexibility index (Phi) is 19.3. The first kappa shape index (κ1) is 44.5. The van der Waals surface area contributed by atoms with Crippen molar-refractivity contribution in [1.82, 2.24) is 26.6 Å². The van der Waals surface area contributed by atoms with E-state index in [4.69, 9.17) is 0 Å². The lowest BCUT2D eigenvalue weighted by Crippen LogP contribution is -2.59. The molecule has 0 aliphatic heterocycles. The fourth-order valence-electron chi connectivity index (χ4n) is 5.56. The summed E-state index contributed by atoms with van der Waals surface area (Å²) in [4.78, 5) is 66.4. The van der Waals surface area contributed by atoms with Crippen LogP contribution in [0.15, 0.2) is 30.3 Å². The van der Waals surface area contributed by atoms with E-state index in [-0.39, 0.29) is 54.9 Å². The molecule has 0 aromatic heterocycles. The Balaban J connectivity index is 3.22. The van der Waals surface area contributed by atoms with Crippen LogP contribution in [-0.4, -0.2) is 82.2 Å². The van der Waals surface area contributed by atoms with Crippen molar-refractivity contribution >= 4 is 29.5 Å². The van der Waals surface area contributed by atoms with Crippen molar-refractivity contribution in [3.8, 4) is 0 Å². The maximum absolute atomic E-state index is 13.8. The van der Waals surface area contributed by atoms with E-state index in [9.17, 15) is 34.2 Å². The first-order valence-corrected chi connectivity index (χ1v) is 18.1. The van der Waals surface area contributed by atoms with E-state index >= 15 is 0 Å². The molecule has 50 heavy (non-hydrogen) atoms. The van der Waals surface area contributed by atoms with Crippen LogP contribution in [0.3, 0.4) is 0 Å². The molecule has 0 bridgehead atoms. The van der Waals surface area contributed by atoms with Crippen LogP contribution in [0.25, 0.3) is 0 Å². The number of benzene rings is 1. The summed E-state index contributed by atoms with van der Waals surface area (Å²) in [5, 5.41) is 35.0. The summed E-state index contributed by atoms with van der Waals surface area (Å²) in [6.07, 6.45) is 0.0749. The molecule has 1 rings (SSSR count). The highest BCUT2D eigenvalue weighted by Crippen LogP contribution is 2.16. The molecular weight excluding hydrogens is 638 g/mol. The molecule has 6 atom stereocenters. The smallest absolute Gasteiger partial charge is 0.243 e. The highest BCUT2D eigenvalue weighted by atomic mass is 16.3. The average Bonchev–Trinajstić information content (AvgIpc) is 3.00. The fourth-order valence-corrected chi connectivity index (χ4v) is 5.56. The topological polar surface area (TPSA) is 186 Å². The van der Waals surface area contributed by atoms with Gasteiger partial charge in [-0.05, 0) is 62.3 Å². The summed E-state index contributed by atoms with van der Waals surface area (Å²) < 4.78 is 0. The molecule has 0 radical (unpaired) electrons. The lowest BCUT2D eigenvalue weighted by molar-refractivity contribution is -0.134. The molecule has 284 valence electrons. The van der Waals surface area contributed by atoms with Crippen molar-refractivity contribution in [2.75, 3.05) is 6.61 Å². The van der Waals surface area contributed by atoms with E-state index < -0.39 is 60.0 Å². The summed E-state index contributed by atoms with van der Waals surface area (Å²) >= 11 is 0. The second kappa shape index (κ2) is 21.6. The third kappa shape index (κ3) is 16.5. The van der Waals surface area contributed by atoms with Crippen LogP contribution in [0.1, 0.15) is 107 Å². The number of carbonyl (C=O) groups is 5. The van der Waals surface area contributed by atoms with E-state index in [1.807, 2.05) is 71.9 Å². The zero-order valence-electron chi connectivity index (χ0n) is 32.0. The molecule has 12 nitrogen and oxygen atoms in total. The predicted octanol–water partition coefficient (Wildman–Crippen LogP) is 2.99. The Morgan fingerprint density at radius 3 is 1.86 bits per heavy atom. The second-order valence-corrected chi connectivity index (χ2v) is 15.4. The number of hydrogen-bond donors (Lipinski definition) is 7. The van der Waals surface area contributed by atoms with Crippen LogP contribution in [0.4, 0.5) is 0 Å².